The molecule has 1 aromatic heterocycles. The average Bonchev–Trinajstić information content (AvgIpc) is 3.05. The lowest BCUT2D eigenvalue weighted by Gasteiger charge is -2.37. The van der Waals surface area contributed by atoms with E-state index < -0.39 is 0 Å². The van der Waals surface area contributed by atoms with Gasteiger partial charge in [-0.25, -0.2) is 0 Å². The lowest BCUT2D eigenvalue weighted by atomic mass is 9.88. The molecule has 3 N–H and O–H groups in total. The van der Waals surface area contributed by atoms with Crippen molar-refractivity contribution < 1.29 is 4.74 Å². The van der Waals surface area contributed by atoms with Crippen LogP contribution >= 0.6 is 0 Å². The molecular weight excluding hydrogens is 240 g/mol. The second-order valence-corrected chi connectivity index (χ2v) is 5.33. The van der Waals surface area contributed by atoms with Crippen molar-refractivity contribution in [2.45, 2.75) is 64.1 Å². The van der Waals surface area contributed by atoms with Crippen molar-refractivity contribution in [2.75, 3.05) is 6.61 Å². The molecule has 1 aromatic rings. The number of aryl methyl sites for hydroxylation is 1. The molecule has 0 saturated heterocycles. The number of rotatable bonds is 7. The molecule has 1 saturated carbocycles. The van der Waals surface area contributed by atoms with Gasteiger partial charge in [0, 0.05) is 19.3 Å². The highest BCUT2D eigenvalue weighted by molar-refractivity contribution is 5.10. The summed E-state index contributed by atoms with van der Waals surface area (Å²) in [7, 11) is 0. The van der Waals surface area contributed by atoms with E-state index in [-0.39, 0.29) is 11.6 Å². The van der Waals surface area contributed by atoms with Crippen LogP contribution in [0.25, 0.3) is 0 Å². The van der Waals surface area contributed by atoms with Gasteiger partial charge in [0.15, 0.2) is 0 Å². The minimum absolute atomic E-state index is 0.0994. The second-order valence-electron chi connectivity index (χ2n) is 5.33. The number of ether oxygens (including phenoxy) is 1. The van der Waals surface area contributed by atoms with Gasteiger partial charge in [0.25, 0.3) is 0 Å². The number of hydrogen-bond acceptors (Lipinski definition) is 4. The lowest BCUT2D eigenvalue weighted by Crippen LogP contribution is -2.54. The fourth-order valence-electron chi connectivity index (χ4n) is 3.17. The highest BCUT2D eigenvalue weighted by Gasteiger charge is 2.41. The molecule has 1 aliphatic rings. The van der Waals surface area contributed by atoms with Crippen LogP contribution in [-0.4, -0.2) is 28.0 Å². The molecule has 5 heteroatoms. The van der Waals surface area contributed by atoms with Crippen molar-refractivity contribution in [3.63, 3.8) is 0 Å². The van der Waals surface area contributed by atoms with Crippen LogP contribution in [-0.2, 0) is 17.7 Å². The first-order valence-corrected chi connectivity index (χ1v) is 7.35. The molecule has 0 bridgehead atoms. The molecule has 108 valence electrons. The Kier molecular flexibility index (Phi) is 4.96. The topological polar surface area (TPSA) is 65.1 Å². The molecule has 1 fully saturated rings. The fraction of sp³-hybridized carbons (Fsp3) is 0.786. The van der Waals surface area contributed by atoms with Crippen LogP contribution in [0.5, 0.6) is 0 Å². The van der Waals surface area contributed by atoms with E-state index in [2.05, 4.69) is 30.6 Å². The molecule has 0 aliphatic heterocycles. The number of nitrogens with one attached hydrogen (secondary N) is 1. The Morgan fingerprint density at radius 1 is 1.47 bits per heavy atom. The highest BCUT2D eigenvalue weighted by Crippen LogP contribution is 2.37. The Morgan fingerprint density at radius 3 is 2.74 bits per heavy atom. The van der Waals surface area contributed by atoms with Crippen LogP contribution < -0.4 is 11.3 Å². The average molecular weight is 266 g/mol. The quantitative estimate of drug-likeness (QED) is 0.581. The Balaban J connectivity index is 2.09. The zero-order valence-electron chi connectivity index (χ0n) is 12.1. The molecule has 1 atom stereocenters. The zero-order chi connectivity index (χ0) is 13.7. The van der Waals surface area contributed by atoms with Crippen LogP contribution in [0.4, 0.5) is 0 Å². The van der Waals surface area contributed by atoms with Crippen LogP contribution in [0.2, 0.25) is 0 Å². The zero-order valence-corrected chi connectivity index (χ0v) is 12.1. The predicted molar refractivity (Wildman–Crippen MR) is 75.5 cm³/mol. The Hall–Kier alpha value is -0.910. The van der Waals surface area contributed by atoms with Crippen LogP contribution in [0.15, 0.2) is 12.4 Å². The van der Waals surface area contributed by atoms with Gasteiger partial charge in [-0.1, -0.05) is 12.8 Å². The van der Waals surface area contributed by atoms with E-state index in [1.54, 1.807) is 0 Å². The van der Waals surface area contributed by atoms with Crippen LogP contribution in [0.1, 0.15) is 45.1 Å². The predicted octanol–water partition coefficient (Wildman–Crippen LogP) is 1.63. The molecule has 1 aliphatic carbocycles. The minimum atomic E-state index is -0.0994. The third kappa shape index (κ3) is 3.16. The van der Waals surface area contributed by atoms with Gasteiger partial charge in [-0.15, -0.1) is 0 Å². The number of nitrogens with zero attached hydrogens (tertiary/aromatic N) is 2. The summed E-state index contributed by atoms with van der Waals surface area (Å²) in [5.41, 5.74) is 4.10. The minimum Gasteiger partial charge on any atom is -0.374 e. The fourth-order valence-corrected chi connectivity index (χ4v) is 3.17. The maximum atomic E-state index is 6.08. The van der Waals surface area contributed by atoms with Crippen molar-refractivity contribution in [1.82, 2.24) is 15.2 Å². The second kappa shape index (κ2) is 6.50. The first-order chi connectivity index (χ1) is 9.24. The van der Waals surface area contributed by atoms with Gasteiger partial charge in [0.1, 0.15) is 0 Å². The van der Waals surface area contributed by atoms with Gasteiger partial charge in [0.2, 0.25) is 0 Å². The van der Waals surface area contributed by atoms with Gasteiger partial charge in [-0.2, -0.15) is 5.10 Å². The summed E-state index contributed by atoms with van der Waals surface area (Å²) >= 11 is 0. The third-order valence-electron chi connectivity index (χ3n) is 4.17. The normalized spacial score (nSPS) is 19.7. The van der Waals surface area contributed by atoms with Crippen molar-refractivity contribution in [1.29, 1.82) is 0 Å². The van der Waals surface area contributed by atoms with E-state index in [4.69, 9.17) is 10.6 Å². The highest BCUT2D eigenvalue weighted by atomic mass is 16.5. The summed E-state index contributed by atoms with van der Waals surface area (Å²) in [5, 5.41) is 4.32. The molecule has 0 aromatic carbocycles. The molecule has 2 rings (SSSR count). The maximum absolute atomic E-state index is 6.08. The molecule has 19 heavy (non-hydrogen) atoms. The van der Waals surface area contributed by atoms with E-state index in [0.29, 0.717) is 0 Å². The van der Waals surface area contributed by atoms with Crippen molar-refractivity contribution >= 4 is 0 Å². The maximum Gasteiger partial charge on any atom is 0.0851 e. The van der Waals surface area contributed by atoms with Gasteiger partial charge >= 0.3 is 0 Å². The van der Waals surface area contributed by atoms with Gasteiger partial charge in [-0.05, 0) is 38.7 Å². The smallest absolute Gasteiger partial charge is 0.0851 e. The number of hydrogen-bond donors (Lipinski definition) is 2. The van der Waals surface area contributed by atoms with E-state index in [9.17, 15) is 0 Å². The largest absolute Gasteiger partial charge is 0.374 e. The van der Waals surface area contributed by atoms with Gasteiger partial charge < -0.3 is 4.74 Å². The summed E-state index contributed by atoms with van der Waals surface area (Å²) in [5.74, 6) is 5.80. The van der Waals surface area contributed by atoms with E-state index in [1.165, 1.54) is 18.4 Å². The molecule has 1 unspecified atom stereocenters. The number of aromatic nitrogens is 2. The van der Waals surface area contributed by atoms with Crippen molar-refractivity contribution in [3.8, 4) is 0 Å². The Labute approximate surface area is 115 Å². The third-order valence-corrected chi connectivity index (χ3v) is 4.17. The first kappa shape index (κ1) is 14.5. The molecule has 0 amide bonds. The van der Waals surface area contributed by atoms with Gasteiger partial charge in [-0.3, -0.25) is 16.0 Å². The van der Waals surface area contributed by atoms with Crippen LogP contribution in [0.3, 0.4) is 0 Å². The SMILES string of the molecule is CCOC1(C(Cc2cnn(CC)c2)NN)CCCC1. The van der Waals surface area contributed by atoms with Crippen molar-refractivity contribution in [3.05, 3.63) is 18.0 Å². The summed E-state index contributed by atoms with van der Waals surface area (Å²) < 4.78 is 8.03. The number of nitrogens with two attached hydrogens (primary N) is 1. The monoisotopic (exact) mass is 266 g/mol. The summed E-state index contributed by atoms with van der Waals surface area (Å²) in [6.07, 6.45) is 9.55. The summed E-state index contributed by atoms with van der Waals surface area (Å²) in [4.78, 5) is 0. The molecule has 1 heterocycles. The summed E-state index contributed by atoms with van der Waals surface area (Å²) in [6.45, 7) is 5.79. The van der Waals surface area contributed by atoms with E-state index in [1.807, 2.05) is 10.9 Å². The molecule has 0 spiro atoms. The standard InChI is InChI=1S/C14H26N4O/c1-3-18-11-12(10-16-18)9-13(17-15)14(19-4-2)7-5-6-8-14/h10-11,13,17H,3-9,15H2,1-2H3. The van der Waals surface area contributed by atoms with Crippen molar-refractivity contribution in [2.24, 2.45) is 5.84 Å². The first-order valence-electron chi connectivity index (χ1n) is 7.35. The van der Waals surface area contributed by atoms with Crippen LogP contribution in [0, 0.1) is 0 Å². The van der Waals surface area contributed by atoms with E-state index >= 15 is 0 Å². The molecular formula is C14H26N4O. The lowest BCUT2D eigenvalue weighted by molar-refractivity contribution is -0.0613. The van der Waals surface area contributed by atoms with E-state index in [0.717, 1.165) is 32.4 Å². The summed E-state index contributed by atoms with van der Waals surface area (Å²) in [6, 6.07) is 0.157. The molecule has 5 nitrogen and oxygen atoms in total. The Morgan fingerprint density at radius 2 is 2.21 bits per heavy atom. The Bertz CT molecular complexity index is 385. The van der Waals surface area contributed by atoms with Gasteiger partial charge in [0.05, 0.1) is 17.8 Å². The number of hydrazine groups is 1. The molecule has 0 radical (unpaired) electrons.